The Labute approximate surface area is 91.7 Å². The molecule has 0 atom stereocenters. The molecule has 0 N–H and O–H groups in total. The highest BCUT2D eigenvalue weighted by Crippen LogP contribution is 2.05. The molecule has 0 unspecified atom stereocenters. The Morgan fingerprint density at radius 2 is 1.92 bits per heavy atom. The summed E-state index contributed by atoms with van der Waals surface area (Å²) in [7, 11) is 0. The van der Waals surface area contributed by atoms with Gasteiger partial charge in [-0.3, -0.25) is 4.90 Å². The van der Waals surface area contributed by atoms with Crippen LogP contribution in [0.5, 0.6) is 0 Å². The van der Waals surface area contributed by atoms with Gasteiger partial charge < -0.3 is 4.90 Å². The predicted molar refractivity (Wildman–Crippen MR) is 64.5 cm³/mol. The Kier molecular flexibility index (Phi) is 5.06. The lowest BCUT2D eigenvalue weighted by Crippen LogP contribution is -2.47. The molecule has 0 radical (unpaired) electrons. The zero-order valence-corrected chi connectivity index (χ0v) is 9.91. The SMILES string of the molecule is CCCCN1CCN(C(=S)S)CC1. The molecule has 13 heavy (non-hydrogen) atoms. The van der Waals surface area contributed by atoms with Crippen molar-refractivity contribution < 1.29 is 0 Å². The van der Waals surface area contributed by atoms with Gasteiger partial charge in [0.05, 0.1) is 0 Å². The van der Waals surface area contributed by atoms with Crippen LogP contribution in [0.1, 0.15) is 19.8 Å². The molecule has 1 rings (SSSR count). The van der Waals surface area contributed by atoms with Gasteiger partial charge in [-0.25, -0.2) is 0 Å². The van der Waals surface area contributed by atoms with Crippen molar-refractivity contribution in [1.82, 2.24) is 9.80 Å². The molecule has 0 saturated carbocycles. The second-order valence-corrected chi connectivity index (χ2v) is 4.58. The molecule has 2 nitrogen and oxygen atoms in total. The fourth-order valence-electron chi connectivity index (χ4n) is 1.54. The van der Waals surface area contributed by atoms with Crippen molar-refractivity contribution in [3.63, 3.8) is 0 Å². The Morgan fingerprint density at radius 3 is 2.38 bits per heavy atom. The van der Waals surface area contributed by atoms with E-state index >= 15 is 0 Å². The molecule has 1 heterocycles. The number of unbranched alkanes of at least 4 members (excludes halogenated alkanes) is 1. The smallest absolute Gasteiger partial charge is 0.133 e. The molecule has 0 bridgehead atoms. The Balaban J connectivity index is 2.18. The highest BCUT2D eigenvalue weighted by Gasteiger charge is 2.16. The quantitative estimate of drug-likeness (QED) is 0.568. The van der Waals surface area contributed by atoms with E-state index in [-0.39, 0.29) is 0 Å². The maximum atomic E-state index is 5.01. The second-order valence-electron chi connectivity index (χ2n) is 3.46. The number of hydrogen-bond acceptors (Lipinski definition) is 2. The Hall–Kier alpha value is 0.200. The number of hydrogen-bond donors (Lipinski definition) is 1. The van der Waals surface area contributed by atoms with Gasteiger partial charge in [0.15, 0.2) is 0 Å². The van der Waals surface area contributed by atoms with Crippen LogP contribution >= 0.6 is 24.8 Å². The van der Waals surface area contributed by atoms with Crippen LogP contribution in [0, 0.1) is 0 Å². The van der Waals surface area contributed by atoms with Crippen LogP contribution in [-0.4, -0.2) is 46.8 Å². The lowest BCUT2D eigenvalue weighted by molar-refractivity contribution is 0.184. The lowest BCUT2D eigenvalue weighted by atomic mass is 10.3. The van der Waals surface area contributed by atoms with Gasteiger partial charge in [0.25, 0.3) is 0 Å². The average Bonchev–Trinajstić information content (AvgIpc) is 2.15. The summed E-state index contributed by atoms with van der Waals surface area (Å²) in [5.74, 6) is 0. The van der Waals surface area contributed by atoms with E-state index in [4.69, 9.17) is 12.2 Å². The first-order valence-electron chi connectivity index (χ1n) is 4.94. The maximum Gasteiger partial charge on any atom is 0.133 e. The summed E-state index contributed by atoms with van der Waals surface area (Å²) < 4.78 is 0.746. The van der Waals surface area contributed by atoms with Gasteiger partial charge in [0, 0.05) is 26.2 Å². The minimum atomic E-state index is 0.746. The molecule has 0 spiro atoms. The number of rotatable bonds is 3. The summed E-state index contributed by atoms with van der Waals surface area (Å²) in [4.78, 5) is 4.67. The molecular weight excluding hydrogens is 200 g/mol. The predicted octanol–water partition coefficient (Wildman–Crippen LogP) is 1.62. The molecule has 0 aromatic carbocycles. The van der Waals surface area contributed by atoms with Gasteiger partial charge in [-0.05, 0) is 13.0 Å². The van der Waals surface area contributed by atoms with Crippen molar-refractivity contribution in [2.24, 2.45) is 0 Å². The summed E-state index contributed by atoms with van der Waals surface area (Å²) in [5, 5.41) is 0. The van der Waals surface area contributed by atoms with Crippen LogP contribution < -0.4 is 0 Å². The third-order valence-corrected chi connectivity index (χ3v) is 3.01. The molecule has 0 aromatic rings. The first-order chi connectivity index (χ1) is 6.24. The van der Waals surface area contributed by atoms with Crippen molar-refractivity contribution in [3.05, 3.63) is 0 Å². The standard InChI is InChI=1S/C9H18N2S2/c1-2-3-4-10-5-7-11(8-6-10)9(12)13/h2-8H2,1H3,(H,12,13). The van der Waals surface area contributed by atoms with Gasteiger partial charge in [-0.2, -0.15) is 0 Å². The van der Waals surface area contributed by atoms with Gasteiger partial charge in [-0.1, -0.05) is 25.6 Å². The molecular formula is C9H18N2S2. The summed E-state index contributed by atoms with van der Waals surface area (Å²) >= 11 is 9.19. The Morgan fingerprint density at radius 1 is 1.31 bits per heavy atom. The van der Waals surface area contributed by atoms with Crippen LogP contribution in [0.2, 0.25) is 0 Å². The van der Waals surface area contributed by atoms with Gasteiger partial charge in [-0.15, -0.1) is 12.6 Å². The molecule has 76 valence electrons. The van der Waals surface area contributed by atoms with E-state index in [2.05, 4.69) is 29.4 Å². The van der Waals surface area contributed by atoms with Crippen LogP contribution in [0.25, 0.3) is 0 Å². The van der Waals surface area contributed by atoms with E-state index in [0.29, 0.717) is 0 Å². The van der Waals surface area contributed by atoms with Crippen LogP contribution in [0.4, 0.5) is 0 Å². The van der Waals surface area contributed by atoms with E-state index in [9.17, 15) is 0 Å². The fourth-order valence-corrected chi connectivity index (χ4v) is 1.93. The van der Waals surface area contributed by atoms with Crippen molar-refractivity contribution in [3.8, 4) is 0 Å². The third-order valence-electron chi connectivity index (χ3n) is 2.47. The highest BCUT2D eigenvalue weighted by atomic mass is 32.1. The molecule has 0 aromatic heterocycles. The molecule has 0 amide bonds. The van der Waals surface area contributed by atoms with E-state index < -0.39 is 0 Å². The molecule has 1 saturated heterocycles. The lowest BCUT2D eigenvalue weighted by Gasteiger charge is -2.34. The van der Waals surface area contributed by atoms with Crippen molar-refractivity contribution in [1.29, 1.82) is 0 Å². The van der Waals surface area contributed by atoms with E-state index in [0.717, 1.165) is 30.5 Å². The molecule has 4 heteroatoms. The van der Waals surface area contributed by atoms with Crippen molar-refractivity contribution in [2.45, 2.75) is 19.8 Å². The van der Waals surface area contributed by atoms with Crippen LogP contribution in [-0.2, 0) is 0 Å². The normalized spacial score (nSPS) is 19.1. The van der Waals surface area contributed by atoms with Crippen LogP contribution in [0.15, 0.2) is 0 Å². The van der Waals surface area contributed by atoms with Crippen LogP contribution in [0.3, 0.4) is 0 Å². The Bertz CT molecular complexity index is 165. The van der Waals surface area contributed by atoms with E-state index in [1.54, 1.807) is 0 Å². The molecule has 0 aliphatic carbocycles. The number of piperazine rings is 1. The largest absolute Gasteiger partial charge is 0.355 e. The summed E-state index contributed by atoms with van der Waals surface area (Å²) in [6, 6.07) is 0. The number of nitrogens with zero attached hydrogens (tertiary/aromatic N) is 2. The molecule has 1 aliphatic heterocycles. The first kappa shape index (κ1) is 11.3. The second kappa shape index (κ2) is 5.83. The van der Waals surface area contributed by atoms with E-state index in [1.165, 1.54) is 19.4 Å². The summed E-state index contributed by atoms with van der Waals surface area (Å²) in [5.41, 5.74) is 0. The summed E-state index contributed by atoms with van der Waals surface area (Å²) in [6.45, 7) is 7.85. The highest BCUT2D eigenvalue weighted by molar-refractivity contribution is 8.10. The summed E-state index contributed by atoms with van der Waals surface area (Å²) in [6.07, 6.45) is 2.59. The topological polar surface area (TPSA) is 6.48 Å². The van der Waals surface area contributed by atoms with Gasteiger partial charge in [0.2, 0.25) is 0 Å². The number of thiocarbonyl (C=S) groups is 1. The van der Waals surface area contributed by atoms with E-state index in [1.807, 2.05) is 0 Å². The fraction of sp³-hybridized carbons (Fsp3) is 0.889. The zero-order valence-electron chi connectivity index (χ0n) is 8.20. The van der Waals surface area contributed by atoms with Gasteiger partial charge in [0.1, 0.15) is 4.32 Å². The maximum absolute atomic E-state index is 5.01. The van der Waals surface area contributed by atoms with Crippen molar-refractivity contribution >= 4 is 29.2 Å². The first-order valence-corrected chi connectivity index (χ1v) is 5.80. The minimum Gasteiger partial charge on any atom is -0.355 e. The van der Waals surface area contributed by atoms with Gasteiger partial charge >= 0.3 is 0 Å². The molecule has 1 fully saturated rings. The average molecular weight is 218 g/mol. The zero-order chi connectivity index (χ0) is 9.68. The molecule has 1 aliphatic rings. The minimum absolute atomic E-state index is 0.746. The third kappa shape index (κ3) is 3.83. The monoisotopic (exact) mass is 218 g/mol. The number of thiol groups is 1. The van der Waals surface area contributed by atoms with Crippen molar-refractivity contribution in [2.75, 3.05) is 32.7 Å².